The maximum absolute atomic E-state index is 11.4. The number of hydrogen-bond acceptors (Lipinski definition) is 5. The molecule has 1 aliphatic heterocycles. The molecule has 2 atom stereocenters. The van der Waals surface area contributed by atoms with Crippen molar-refractivity contribution in [1.82, 2.24) is 4.98 Å². The molecular weight excluding hydrogens is 262 g/mol. The number of nitrogens with two attached hydrogens (primary N) is 1. The van der Waals surface area contributed by atoms with Gasteiger partial charge >= 0.3 is 0 Å². The highest BCUT2D eigenvalue weighted by Crippen LogP contribution is 2.31. The van der Waals surface area contributed by atoms with E-state index < -0.39 is 12.0 Å². The maximum atomic E-state index is 11.4. The van der Waals surface area contributed by atoms with Gasteiger partial charge in [0.15, 0.2) is 6.10 Å². The Hall–Kier alpha value is -1.66. The third-order valence-corrected chi connectivity index (χ3v) is 4.17. The molecule has 3 heterocycles. The molecule has 0 radical (unpaired) electrons. The number of ether oxygens (including phenoxy) is 1. The number of morpholine rings is 1. The first kappa shape index (κ1) is 12.4. The van der Waals surface area contributed by atoms with Gasteiger partial charge in [0.05, 0.1) is 28.6 Å². The SMILES string of the molecule is C[C@@H]1CN(c2ccnc3ccsc23)C[C@@H](C(N)=O)O1. The van der Waals surface area contributed by atoms with E-state index in [0.717, 1.165) is 22.4 Å². The summed E-state index contributed by atoms with van der Waals surface area (Å²) in [7, 11) is 0. The van der Waals surface area contributed by atoms with E-state index >= 15 is 0 Å². The van der Waals surface area contributed by atoms with Crippen LogP contribution in [0.4, 0.5) is 5.69 Å². The van der Waals surface area contributed by atoms with E-state index in [-0.39, 0.29) is 6.10 Å². The molecular formula is C13H15N3O2S. The monoisotopic (exact) mass is 277 g/mol. The van der Waals surface area contributed by atoms with Crippen molar-refractivity contribution < 1.29 is 9.53 Å². The molecule has 1 aliphatic rings. The van der Waals surface area contributed by atoms with Gasteiger partial charge in [0, 0.05) is 12.7 Å². The van der Waals surface area contributed by atoms with Crippen LogP contribution in [0.2, 0.25) is 0 Å². The molecule has 0 aliphatic carbocycles. The molecule has 6 heteroatoms. The second kappa shape index (κ2) is 4.79. The minimum atomic E-state index is -0.549. The van der Waals surface area contributed by atoms with E-state index in [1.54, 1.807) is 17.5 Å². The van der Waals surface area contributed by atoms with E-state index in [1.807, 2.05) is 24.4 Å². The molecule has 0 unspecified atom stereocenters. The molecule has 2 aromatic rings. The minimum Gasteiger partial charge on any atom is -0.367 e. The normalized spacial score (nSPS) is 23.7. The largest absolute Gasteiger partial charge is 0.367 e. The first-order chi connectivity index (χ1) is 9.15. The summed E-state index contributed by atoms with van der Waals surface area (Å²) >= 11 is 1.66. The Morgan fingerprint density at radius 1 is 1.53 bits per heavy atom. The molecule has 100 valence electrons. The highest BCUT2D eigenvalue weighted by molar-refractivity contribution is 7.17. The quantitative estimate of drug-likeness (QED) is 0.900. The third-order valence-electron chi connectivity index (χ3n) is 3.24. The molecule has 1 saturated heterocycles. The van der Waals surface area contributed by atoms with Crippen LogP contribution in [0.1, 0.15) is 6.92 Å². The Morgan fingerprint density at radius 2 is 2.37 bits per heavy atom. The van der Waals surface area contributed by atoms with Gasteiger partial charge in [-0.1, -0.05) is 0 Å². The Morgan fingerprint density at radius 3 is 3.16 bits per heavy atom. The van der Waals surface area contributed by atoms with Crippen molar-refractivity contribution in [3.05, 3.63) is 23.7 Å². The molecule has 0 aromatic carbocycles. The summed E-state index contributed by atoms with van der Waals surface area (Å²) in [5.41, 5.74) is 7.44. The van der Waals surface area contributed by atoms with Crippen molar-refractivity contribution in [2.45, 2.75) is 19.1 Å². The lowest BCUT2D eigenvalue weighted by Gasteiger charge is -2.37. The van der Waals surface area contributed by atoms with Crippen LogP contribution >= 0.6 is 11.3 Å². The van der Waals surface area contributed by atoms with Crippen LogP contribution in [0.3, 0.4) is 0 Å². The van der Waals surface area contributed by atoms with Gasteiger partial charge in [0.1, 0.15) is 0 Å². The summed E-state index contributed by atoms with van der Waals surface area (Å²) in [6.45, 7) is 3.20. The molecule has 1 fully saturated rings. The predicted molar refractivity (Wildman–Crippen MR) is 75.4 cm³/mol. The van der Waals surface area contributed by atoms with Gasteiger partial charge in [-0.2, -0.15) is 0 Å². The van der Waals surface area contributed by atoms with Gasteiger partial charge < -0.3 is 15.4 Å². The lowest BCUT2D eigenvalue weighted by Crippen LogP contribution is -2.51. The van der Waals surface area contributed by atoms with Crippen molar-refractivity contribution in [2.75, 3.05) is 18.0 Å². The number of aromatic nitrogens is 1. The number of carbonyl (C=O) groups excluding carboxylic acids is 1. The molecule has 2 aromatic heterocycles. The number of amides is 1. The number of anilines is 1. The van der Waals surface area contributed by atoms with E-state index in [2.05, 4.69) is 9.88 Å². The van der Waals surface area contributed by atoms with Gasteiger partial charge in [-0.15, -0.1) is 11.3 Å². The minimum absolute atomic E-state index is 0.0190. The number of primary amides is 1. The number of thiophene rings is 1. The number of fused-ring (bicyclic) bond motifs is 1. The highest BCUT2D eigenvalue weighted by Gasteiger charge is 2.29. The van der Waals surface area contributed by atoms with Gasteiger partial charge in [-0.05, 0) is 24.4 Å². The summed E-state index contributed by atoms with van der Waals surface area (Å²) in [4.78, 5) is 17.8. The summed E-state index contributed by atoms with van der Waals surface area (Å²) in [5.74, 6) is -0.409. The van der Waals surface area contributed by atoms with E-state index in [9.17, 15) is 4.79 Å². The molecule has 0 spiro atoms. The standard InChI is InChI=1S/C13H15N3O2S/c1-8-6-16(7-11(18-8)13(14)17)10-2-4-15-9-3-5-19-12(9)10/h2-5,8,11H,6-7H2,1H3,(H2,14,17)/t8-,11+/m1/s1. The van der Waals surface area contributed by atoms with Crippen LogP contribution < -0.4 is 10.6 Å². The first-order valence-electron chi connectivity index (χ1n) is 6.17. The summed E-state index contributed by atoms with van der Waals surface area (Å²) < 4.78 is 6.70. The Balaban J connectivity index is 1.96. The Labute approximate surface area is 115 Å². The fourth-order valence-corrected chi connectivity index (χ4v) is 3.31. The summed E-state index contributed by atoms with van der Waals surface area (Å²) in [6.07, 6.45) is 1.23. The lowest BCUT2D eigenvalue weighted by molar-refractivity contribution is -0.133. The van der Waals surface area contributed by atoms with E-state index in [0.29, 0.717) is 6.54 Å². The van der Waals surface area contributed by atoms with Gasteiger partial charge in [-0.3, -0.25) is 9.78 Å². The van der Waals surface area contributed by atoms with Crippen molar-refractivity contribution in [3.8, 4) is 0 Å². The highest BCUT2D eigenvalue weighted by atomic mass is 32.1. The summed E-state index contributed by atoms with van der Waals surface area (Å²) in [5, 5.41) is 2.02. The van der Waals surface area contributed by atoms with Crippen LogP contribution in [0.25, 0.3) is 10.2 Å². The Bertz CT molecular complexity index is 613. The molecule has 0 saturated carbocycles. The topological polar surface area (TPSA) is 68.5 Å². The second-order valence-corrected chi connectivity index (χ2v) is 5.62. The molecule has 1 amide bonds. The molecule has 5 nitrogen and oxygen atoms in total. The first-order valence-corrected chi connectivity index (χ1v) is 7.05. The molecule has 2 N–H and O–H groups in total. The second-order valence-electron chi connectivity index (χ2n) is 4.71. The fraction of sp³-hybridized carbons (Fsp3) is 0.385. The van der Waals surface area contributed by atoms with Crippen LogP contribution in [0.15, 0.2) is 23.7 Å². The predicted octanol–water partition coefficient (Wildman–Crippen LogP) is 1.38. The number of nitrogens with zero attached hydrogens (tertiary/aromatic N) is 2. The molecule has 19 heavy (non-hydrogen) atoms. The van der Waals surface area contributed by atoms with Crippen LogP contribution in [-0.2, 0) is 9.53 Å². The van der Waals surface area contributed by atoms with Crippen molar-refractivity contribution >= 4 is 33.1 Å². The number of carbonyl (C=O) groups is 1. The Kier molecular flexibility index (Phi) is 3.12. The van der Waals surface area contributed by atoms with Crippen molar-refractivity contribution in [3.63, 3.8) is 0 Å². The third kappa shape index (κ3) is 2.29. The van der Waals surface area contributed by atoms with E-state index in [4.69, 9.17) is 10.5 Å². The molecule has 0 bridgehead atoms. The smallest absolute Gasteiger partial charge is 0.248 e. The van der Waals surface area contributed by atoms with Crippen molar-refractivity contribution in [1.29, 1.82) is 0 Å². The fourth-order valence-electron chi connectivity index (χ4n) is 2.41. The van der Waals surface area contributed by atoms with Gasteiger partial charge in [0.2, 0.25) is 5.91 Å². The van der Waals surface area contributed by atoms with Crippen LogP contribution in [0.5, 0.6) is 0 Å². The van der Waals surface area contributed by atoms with Crippen LogP contribution in [-0.4, -0.2) is 36.2 Å². The lowest BCUT2D eigenvalue weighted by atomic mass is 10.2. The van der Waals surface area contributed by atoms with Gasteiger partial charge in [0.25, 0.3) is 0 Å². The molecule has 3 rings (SSSR count). The van der Waals surface area contributed by atoms with E-state index in [1.165, 1.54) is 0 Å². The maximum Gasteiger partial charge on any atom is 0.248 e. The number of rotatable bonds is 2. The zero-order chi connectivity index (χ0) is 13.4. The number of hydrogen-bond donors (Lipinski definition) is 1. The van der Waals surface area contributed by atoms with Gasteiger partial charge in [-0.25, -0.2) is 0 Å². The average molecular weight is 277 g/mol. The zero-order valence-electron chi connectivity index (χ0n) is 10.6. The van der Waals surface area contributed by atoms with Crippen LogP contribution in [0, 0.1) is 0 Å². The summed E-state index contributed by atoms with van der Waals surface area (Å²) in [6, 6.07) is 3.98. The number of pyridine rings is 1. The zero-order valence-corrected chi connectivity index (χ0v) is 11.4. The average Bonchev–Trinajstić information content (AvgIpc) is 2.85. The van der Waals surface area contributed by atoms with Crippen molar-refractivity contribution in [2.24, 2.45) is 5.73 Å².